The number of carbonyl (C=O) groups excluding carboxylic acids is 1. The van der Waals surface area contributed by atoms with E-state index in [0.717, 1.165) is 74.0 Å². The molecule has 1 unspecified atom stereocenters. The number of para-hydroxylation sites is 2. The minimum absolute atomic E-state index is 0.0915. The highest BCUT2D eigenvalue weighted by atomic mass is 19.2. The lowest BCUT2D eigenvalue weighted by molar-refractivity contribution is 0.0813. The number of hydrogen-bond donors (Lipinski definition) is 0. The molecule has 11 heteroatoms. The van der Waals surface area contributed by atoms with E-state index in [2.05, 4.69) is 9.80 Å². The zero-order chi connectivity index (χ0) is 35.3. The first-order valence-corrected chi connectivity index (χ1v) is 17.6. The van der Waals surface area contributed by atoms with Crippen molar-refractivity contribution in [2.45, 2.75) is 51.1 Å². The van der Waals surface area contributed by atoms with Crippen LogP contribution in [-0.4, -0.2) is 92.4 Å². The number of carbonyl (C=O) groups is 1. The fraction of sp³-hybridized carbons (Fsp3) is 0.487. The molecular formula is C39H48F2N4O5. The molecule has 0 aliphatic carbocycles. The minimum atomic E-state index is -0.839. The molecule has 9 nitrogen and oxygen atoms in total. The van der Waals surface area contributed by atoms with Crippen molar-refractivity contribution >= 4 is 16.8 Å². The number of imidazole rings is 1. The maximum absolute atomic E-state index is 14.6. The van der Waals surface area contributed by atoms with E-state index >= 15 is 0 Å². The molecule has 0 saturated carbocycles. The summed E-state index contributed by atoms with van der Waals surface area (Å²) in [5.74, 6) is 0.575. The Kier molecular flexibility index (Phi) is 11.3. The zero-order valence-electron chi connectivity index (χ0n) is 29.6. The van der Waals surface area contributed by atoms with Crippen molar-refractivity contribution in [1.82, 2.24) is 19.4 Å². The van der Waals surface area contributed by atoms with Crippen LogP contribution >= 0.6 is 0 Å². The average molecular weight is 691 g/mol. The molecule has 50 heavy (non-hydrogen) atoms. The molecular weight excluding hydrogens is 642 g/mol. The van der Waals surface area contributed by atoms with E-state index in [0.29, 0.717) is 55.9 Å². The summed E-state index contributed by atoms with van der Waals surface area (Å²) in [5.41, 5.74) is 3.25. The normalized spacial score (nSPS) is 18.9. The first-order valence-electron chi connectivity index (χ1n) is 17.6. The Balaban J connectivity index is 1.13. The lowest BCUT2D eigenvalue weighted by atomic mass is 9.76. The van der Waals surface area contributed by atoms with Gasteiger partial charge in [0.05, 0.1) is 39.0 Å². The molecule has 2 aliphatic heterocycles. The van der Waals surface area contributed by atoms with Crippen LogP contribution in [0.4, 0.5) is 8.78 Å². The van der Waals surface area contributed by atoms with Gasteiger partial charge in [0.2, 0.25) is 11.5 Å². The Morgan fingerprint density at radius 3 is 2.32 bits per heavy atom. The van der Waals surface area contributed by atoms with Gasteiger partial charge in [-0.15, -0.1) is 0 Å². The first kappa shape index (κ1) is 35.8. The number of nitrogens with zero attached hydrogens (tertiary/aromatic N) is 4. The monoisotopic (exact) mass is 690 g/mol. The zero-order valence-corrected chi connectivity index (χ0v) is 29.6. The number of halogens is 2. The summed E-state index contributed by atoms with van der Waals surface area (Å²) in [4.78, 5) is 23.4. The van der Waals surface area contributed by atoms with E-state index < -0.39 is 11.6 Å². The van der Waals surface area contributed by atoms with Gasteiger partial charge in [-0.2, -0.15) is 0 Å². The summed E-state index contributed by atoms with van der Waals surface area (Å²) in [6, 6.07) is 16.1. The second-order valence-electron chi connectivity index (χ2n) is 13.4. The Bertz CT molecular complexity index is 1760. The highest BCUT2D eigenvalue weighted by molar-refractivity contribution is 5.98. The van der Waals surface area contributed by atoms with E-state index in [1.54, 1.807) is 27.4 Å². The van der Waals surface area contributed by atoms with Crippen molar-refractivity contribution in [3.8, 4) is 17.2 Å². The van der Waals surface area contributed by atoms with Crippen molar-refractivity contribution in [1.29, 1.82) is 0 Å². The molecule has 4 aromatic rings. The Labute approximate surface area is 293 Å². The molecule has 1 atom stereocenters. The number of aromatic nitrogens is 2. The Morgan fingerprint density at radius 1 is 0.900 bits per heavy atom. The molecule has 0 spiro atoms. The predicted octanol–water partition coefficient (Wildman–Crippen LogP) is 6.51. The third-order valence-electron chi connectivity index (χ3n) is 10.5. The smallest absolute Gasteiger partial charge is 0.203 e. The molecule has 2 aliphatic rings. The van der Waals surface area contributed by atoms with Crippen LogP contribution in [0, 0.1) is 17.6 Å². The summed E-state index contributed by atoms with van der Waals surface area (Å²) in [7, 11) is 4.79. The van der Waals surface area contributed by atoms with Crippen LogP contribution in [0.25, 0.3) is 11.0 Å². The third-order valence-corrected chi connectivity index (χ3v) is 10.5. The topological polar surface area (TPSA) is 78.3 Å². The van der Waals surface area contributed by atoms with Crippen molar-refractivity contribution in [3.63, 3.8) is 0 Å². The number of benzene rings is 3. The van der Waals surface area contributed by atoms with E-state index in [9.17, 15) is 13.6 Å². The van der Waals surface area contributed by atoms with Gasteiger partial charge in [-0.25, -0.2) is 13.8 Å². The summed E-state index contributed by atoms with van der Waals surface area (Å²) in [6.07, 6.45) is 3.10. The lowest BCUT2D eigenvalue weighted by Gasteiger charge is -2.36. The van der Waals surface area contributed by atoms with E-state index in [1.807, 2.05) is 47.9 Å². The van der Waals surface area contributed by atoms with Gasteiger partial charge in [-0.1, -0.05) is 18.2 Å². The van der Waals surface area contributed by atoms with Gasteiger partial charge in [0.25, 0.3) is 0 Å². The van der Waals surface area contributed by atoms with Gasteiger partial charge in [-0.3, -0.25) is 9.69 Å². The molecule has 0 bridgehead atoms. The van der Waals surface area contributed by atoms with Crippen LogP contribution in [0.5, 0.6) is 17.2 Å². The summed E-state index contributed by atoms with van der Waals surface area (Å²) in [5, 5.41) is 0. The van der Waals surface area contributed by atoms with Crippen LogP contribution in [0.3, 0.4) is 0 Å². The highest BCUT2D eigenvalue weighted by Crippen LogP contribution is 2.42. The number of likely N-dealkylation sites (tertiary alicyclic amines) is 2. The molecule has 1 aromatic heterocycles. The summed E-state index contributed by atoms with van der Waals surface area (Å²) in [6.45, 7) is 8.21. The van der Waals surface area contributed by atoms with Gasteiger partial charge in [-0.05, 0) is 106 Å². The number of hydrogen-bond acceptors (Lipinski definition) is 8. The van der Waals surface area contributed by atoms with Crippen LogP contribution in [0.2, 0.25) is 0 Å². The Morgan fingerprint density at radius 2 is 1.64 bits per heavy atom. The number of fused-ring (bicyclic) bond motifs is 1. The molecule has 0 N–H and O–H groups in total. The van der Waals surface area contributed by atoms with Crippen molar-refractivity contribution < 1.29 is 32.5 Å². The second kappa shape index (κ2) is 15.9. The molecule has 0 radical (unpaired) electrons. The lowest BCUT2D eigenvalue weighted by Crippen LogP contribution is -2.41. The van der Waals surface area contributed by atoms with E-state index in [-0.39, 0.29) is 17.1 Å². The molecule has 3 aromatic carbocycles. The van der Waals surface area contributed by atoms with Gasteiger partial charge in [0, 0.05) is 37.6 Å². The van der Waals surface area contributed by atoms with Gasteiger partial charge >= 0.3 is 0 Å². The second-order valence-corrected chi connectivity index (χ2v) is 13.4. The van der Waals surface area contributed by atoms with Gasteiger partial charge < -0.3 is 28.4 Å². The number of rotatable bonds is 15. The SMILES string of the molecule is CCOCCn1c(C(=O)C2CCN(CCC3(c4ccc(F)c(F)c4)CCN(Cc4cc(OC)c(OC)c(OC)c4)C3)CC2)nc2ccccc21. The quantitative estimate of drug-likeness (QED) is 0.103. The number of ketones is 1. The van der Waals surface area contributed by atoms with E-state index in [1.165, 1.54) is 12.1 Å². The largest absolute Gasteiger partial charge is 0.493 e. The van der Waals surface area contributed by atoms with Crippen molar-refractivity contribution in [3.05, 3.63) is 83.2 Å². The number of Topliss-reactive ketones (excluding diaryl/α,β-unsaturated/α-hetero) is 1. The molecule has 2 fully saturated rings. The molecule has 6 rings (SSSR count). The van der Waals surface area contributed by atoms with Crippen LogP contribution in [0.15, 0.2) is 54.6 Å². The fourth-order valence-electron chi connectivity index (χ4n) is 7.75. The van der Waals surface area contributed by atoms with E-state index in [4.69, 9.17) is 23.9 Å². The molecule has 0 amide bonds. The summed E-state index contributed by atoms with van der Waals surface area (Å²) >= 11 is 0. The maximum Gasteiger partial charge on any atom is 0.203 e. The number of ether oxygens (including phenoxy) is 4. The van der Waals surface area contributed by atoms with Crippen LogP contribution in [-0.2, 0) is 23.2 Å². The summed E-state index contributed by atoms with van der Waals surface area (Å²) < 4.78 is 53.0. The first-order chi connectivity index (χ1) is 24.3. The predicted molar refractivity (Wildman–Crippen MR) is 188 cm³/mol. The fourth-order valence-corrected chi connectivity index (χ4v) is 7.75. The molecule has 268 valence electrons. The van der Waals surface area contributed by atoms with Crippen molar-refractivity contribution in [2.24, 2.45) is 5.92 Å². The average Bonchev–Trinajstić information content (AvgIpc) is 3.73. The molecule has 2 saturated heterocycles. The standard InChI is InChI=1S/C39H48F2N4O5/c1-5-50-21-20-45-33-9-7-6-8-32(33)42-38(45)36(46)28-12-16-43(17-13-28)18-14-39(29-10-11-30(40)31(41)24-29)15-19-44(26-39)25-27-22-34(47-2)37(49-4)35(23-27)48-3/h6-11,22-24,28H,5,12-21,25-26H2,1-4H3. The van der Waals surface area contributed by atoms with Crippen molar-refractivity contribution in [2.75, 3.05) is 67.3 Å². The van der Waals surface area contributed by atoms with Gasteiger partial charge in [0.1, 0.15) is 0 Å². The maximum atomic E-state index is 14.6. The third kappa shape index (κ3) is 7.50. The van der Waals surface area contributed by atoms with Gasteiger partial charge in [0.15, 0.2) is 29.0 Å². The van der Waals surface area contributed by atoms with Crippen LogP contribution < -0.4 is 14.2 Å². The minimum Gasteiger partial charge on any atom is -0.493 e. The number of methoxy groups -OCH3 is 3. The Hall–Kier alpha value is -4.06. The van der Waals surface area contributed by atoms with Crippen LogP contribution in [0.1, 0.15) is 54.4 Å². The highest BCUT2D eigenvalue weighted by Gasteiger charge is 2.41. The number of piperidine rings is 1. The molecule has 3 heterocycles.